The van der Waals surface area contributed by atoms with Gasteiger partial charge in [-0.3, -0.25) is 9.59 Å². The van der Waals surface area contributed by atoms with Crippen LogP contribution in [0.2, 0.25) is 5.02 Å². The molecule has 3 rings (SSSR count). The van der Waals surface area contributed by atoms with E-state index in [1.807, 2.05) is 31.2 Å². The van der Waals surface area contributed by atoms with E-state index in [0.717, 1.165) is 16.0 Å². The van der Waals surface area contributed by atoms with Gasteiger partial charge in [0.15, 0.2) is 11.5 Å². The van der Waals surface area contributed by atoms with Crippen molar-refractivity contribution in [1.82, 2.24) is 4.90 Å². The molecule has 1 aliphatic rings. The van der Waals surface area contributed by atoms with Crippen LogP contribution in [0.25, 0.3) is 0 Å². The van der Waals surface area contributed by atoms with Crippen molar-refractivity contribution in [3.05, 3.63) is 58.1 Å². The molecule has 0 spiro atoms. The monoisotopic (exact) mass is 403 g/mol. The summed E-state index contributed by atoms with van der Waals surface area (Å²) in [5.74, 6) is -0.363. The van der Waals surface area contributed by atoms with Gasteiger partial charge in [0.2, 0.25) is 0 Å². The maximum Gasteiger partial charge on any atom is 0.323 e. The van der Waals surface area contributed by atoms with E-state index in [9.17, 15) is 9.59 Å². The molecular weight excluding hydrogens is 382 g/mol. The van der Waals surface area contributed by atoms with E-state index in [4.69, 9.17) is 26.2 Å². The molecule has 1 heterocycles. The molecular formula is C21H22ClNO5. The lowest BCUT2D eigenvalue weighted by molar-refractivity contribution is -0.137. The highest BCUT2D eigenvalue weighted by Gasteiger charge is 2.37. The Labute approximate surface area is 168 Å². The number of nitrogens with zero attached hydrogens (tertiary/aromatic N) is 1. The van der Waals surface area contributed by atoms with Gasteiger partial charge in [0.1, 0.15) is 12.1 Å². The molecule has 6 nitrogen and oxygen atoms in total. The molecule has 28 heavy (non-hydrogen) atoms. The van der Waals surface area contributed by atoms with Crippen molar-refractivity contribution in [2.45, 2.75) is 25.4 Å². The standard InChI is InChI=1S/C21H22ClNO5/c1-21(10-13-4-6-16(22)7-5-13)11-15-8-14(9-17(27-3)19(15)28-21)20(26)23(2)12-18(24)25/h4-9H,10-12H2,1-3H3,(H,24,25). The molecule has 0 saturated heterocycles. The summed E-state index contributed by atoms with van der Waals surface area (Å²) in [5, 5.41) is 9.59. The Morgan fingerprint density at radius 1 is 1.29 bits per heavy atom. The van der Waals surface area contributed by atoms with Crippen LogP contribution in [0.15, 0.2) is 36.4 Å². The van der Waals surface area contributed by atoms with Crippen molar-refractivity contribution in [3.63, 3.8) is 0 Å². The number of hydrogen-bond donors (Lipinski definition) is 1. The van der Waals surface area contributed by atoms with E-state index in [2.05, 4.69) is 0 Å². The first-order valence-electron chi connectivity index (χ1n) is 8.82. The Bertz CT molecular complexity index is 912. The van der Waals surface area contributed by atoms with E-state index in [1.165, 1.54) is 14.2 Å². The lowest BCUT2D eigenvalue weighted by atomic mass is 9.91. The molecule has 1 N–H and O–H groups in total. The highest BCUT2D eigenvalue weighted by Crippen LogP contribution is 2.44. The minimum absolute atomic E-state index is 0.372. The number of halogens is 1. The third-order valence-corrected chi connectivity index (χ3v) is 4.97. The van der Waals surface area contributed by atoms with Gasteiger partial charge in [-0.05, 0) is 36.8 Å². The average molecular weight is 404 g/mol. The van der Waals surface area contributed by atoms with E-state index in [-0.39, 0.29) is 12.5 Å². The number of amides is 1. The van der Waals surface area contributed by atoms with Gasteiger partial charge in [0.05, 0.1) is 7.11 Å². The second kappa shape index (κ2) is 7.72. The first-order valence-corrected chi connectivity index (χ1v) is 9.20. The van der Waals surface area contributed by atoms with E-state index in [0.29, 0.717) is 34.9 Å². The molecule has 0 bridgehead atoms. The van der Waals surface area contributed by atoms with E-state index in [1.54, 1.807) is 12.1 Å². The van der Waals surface area contributed by atoms with Crippen LogP contribution in [0.4, 0.5) is 0 Å². The third kappa shape index (κ3) is 4.22. The molecule has 1 atom stereocenters. The van der Waals surface area contributed by atoms with Gasteiger partial charge in [-0.1, -0.05) is 23.7 Å². The normalized spacial score (nSPS) is 17.6. The van der Waals surface area contributed by atoms with E-state index < -0.39 is 11.6 Å². The lowest BCUT2D eigenvalue weighted by Gasteiger charge is -2.24. The first kappa shape index (κ1) is 20.0. The zero-order chi connectivity index (χ0) is 20.5. The van der Waals surface area contributed by atoms with Crippen molar-refractivity contribution < 1.29 is 24.2 Å². The largest absolute Gasteiger partial charge is 0.493 e. The van der Waals surface area contributed by atoms with Crippen LogP contribution >= 0.6 is 11.6 Å². The van der Waals surface area contributed by atoms with Crippen molar-refractivity contribution in [3.8, 4) is 11.5 Å². The molecule has 1 amide bonds. The van der Waals surface area contributed by atoms with Crippen LogP contribution in [0.5, 0.6) is 11.5 Å². The number of benzene rings is 2. The molecule has 2 aromatic carbocycles. The van der Waals surface area contributed by atoms with Crippen LogP contribution in [0.3, 0.4) is 0 Å². The molecule has 0 fully saturated rings. The highest BCUT2D eigenvalue weighted by molar-refractivity contribution is 6.30. The van der Waals surface area contributed by atoms with Crippen molar-refractivity contribution in [1.29, 1.82) is 0 Å². The zero-order valence-electron chi connectivity index (χ0n) is 16.0. The topological polar surface area (TPSA) is 76.1 Å². The average Bonchev–Trinajstić information content (AvgIpc) is 2.97. The number of carboxylic acid groups (broad SMARTS) is 1. The summed E-state index contributed by atoms with van der Waals surface area (Å²) in [7, 11) is 2.97. The van der Waals surface area contributed by atoms with Gasteiger partial charge in [-0.15, -0.1) is 0 Å². The van der Waals surface area contributed by atoms with Crippen molar-refractivity contribution in [2.24, 2.45) is 0 Å². The van der Waals surface area contributed by atoms with Gasteiger partial charge in [-0.2, -0.15) is 0 Å². The summed E-state index contributed by atoms with van der Waals surface area (Å²) in [5.41, 5.74) is 1.84. The Morgan fingerprint density at radius 2 is 1.96 bits per heavy atom. The Kier molecular flexibility index (Phi) is 5.52. The molecule has 0 radical (unpaired) electrons. The molecule has 7 heteroatoms. The van der Waals surface area contributed by atoms with Crippen molar-refractivity contribution >= 4 is 23.5 Å². The number of rotatable bonds is 6. The number of hydrogen-bond acceptors (Lipinski definition) is 4. The SMILES string of the molecule is COc1cc(C(=O)N(C)CC(=O)O)cc2c1OC(C)(Cc1ccc(Cl)cc1)C2. The minimum atomic E-state index is -1.07. The summed E-state index contributed by atoms with van der Waals surface area (Å²) < 4.78 is 11.7. The summed E-state index contributed by atoms with van der Waals surface area (Å²) in [6, 6.07) is 11.0. The molecule has 1 unspecified atom stereocenters. The number of ether oxygens (including phenoxy) is 2. The van der Waals surface area contributed by atoms with Crippen LogP contribution in [0, 0.1) is 0 Å². The predicted octanol–water partition coefficient (Wildman–Crippen LogP) is 3.44. The van der Waals surface area contributed by atoms with Gasteiger partial charge >= 0.3 is 5.97 Å². The number of aliphatic carboxylic acids is 1. The number of carboxylic acids is 1. The molecule has 0 aliphatic carbocycles. The third-order valence-electron chi connectivity index (χ3n) is 4.72. The molecule has 2 aromatic rings. The molecule has 148 valence electrons. The zero-order valence-corrected chi connectivity index (χ0v) is 16.7. The number of carbonyl (C=O) groups excluding carboxylic acids is 1. The number of methoxy groups -OCH3 is 1. The number of fused-ring (bicyclic) bond motifs is 1. The quantitative estimate of drug-likeness (QED) is 0.799. The van der Waals surface area contributed by atoms with Crippen LogP contribution in [0.1, 0.15) is 28.4 Å². The summed E-state index contributed by atoms with van der Waals surface area (Å²) in [6.45, 7) is 1.64. The minimum Gasteiger partial charge on any atom is -0.493 e. The van der Waals surface area contributed by atoms with Crippen molar-refractivity contribution in [2.75, 3.05) is 20.7 Å². The predicted molar refractivity (Wildman–Crippen MR) is 105 cm³/mol. The molecule has 0 aromatic heterocycles. The maximum atomic E-state index is 12.6. The van der Waals surface area contributed by atoms with Crippen LogP contribution in [-0.2, 0) is 17.6 Å². The number of carbonyl (C=O) groups is 2. The summed E-state index contributed by atoms with van der Waals surface area (Å²) >= 11 is 5.96. The highest BCUT2D eigenvalue weighted by atomic mass is 35.5. The van der Waals surface area contributed by atoms with Crippen LogP contribution in [-0.4, -0.2) is 48.2 Å². The second-order valence-electron chi connectivity index (χ2n) is 7.25. The van der Waals surface area contributed by atoms with Gasteiger partial charge in [0, 0.05) is 36.0 Å². The summed E-state index contributed by atoms with van der Waals surface area (Å²) in [4.78, 5) is 24.6. The number of likely N-dealkylation sites (N-methyl/N-ethyl adjacent to an activating group) is 1. The lowest BCUT2D eigenvalue weighted by Crippen LogP contribution is -2.33. The Balaban J connectivity index is 1.86. The smallest absolute Gasteiger partial charge is 0.323 e. The first-order chi connectivity index (χ1) is 13.2. The van der Waals surface area contributed by atoms with Crippen LogP contribution < -0.4 is 9.47 Å². The van der Waals surface area contributed by atoms with Gasteiger partial charge in [0.25, 0.3) is 5.91 Å². The fraction of sp³-hybridized carbons (Fsp3) is 0.333. The fourth-order valence-corrected chi connectivity index (χ4v) is 3.62. The maximum absolute atomic E-state index is 12.6. The Morgan fingerprint density at radius 3 is 2.57 bits per heavy atom. The van der Waals surface area contributed by atoms with Gasteiger partial charge < -0.3 is 19.5 Å². The van der Waals surface area contributed by atoms with E-state index >= 15 is 0 Å². The molecule has 0 saturated carbocycles. The Hall–Kier alpha value is -2.73. The van der Waals surface area contributed by atoms with Gasteiger partial charge in [-0.25, -0.2) is 0 Å². The molecule has 1 aliphatic heterocycles. The second-order valence-corrected chi connectivity index (χ2v) is 7.69. The fourth-order valence-electron chi connectivity index (χ4n) is 3.50. The summed E-state index contributed by atoms with van der Waals surface area (Å²) in [6.07, 6.45) is 1.27.